The van der Waals surface area contributed by atoms with Crippen molar-refractivity contribution in [3.63, 3.8) is 0 Å². The molecule has 0 radical (unpaired) electrons. The Balaban J connectivity index is 1.72. The molecule has 0 unspecified atom stereocenters. The summed E-state index contributed by atoms with van der Waals surface area (Å²) in [6.07, 6.45) is 2.45. The predicted octanol–water partition coefficient (Wildman–Crippen LogP) is 1.52. The highest BCUT2D eigenvalue weighted by molar-refractivity contribution is 5.93. The fourth-order valence-electron chi connectivity index (χ4n) is 2.40. The van der Waals surface area contributed by atoms with Crippen LogP contribution in [0, 0.1) is 13.8 Å². The van der Waals surface area contributed by atoms with E-state index in [1.807, 2.05) is 31.2 Å². The Morgan fingerprint density at radius 1 is 1.28 bits per heavy atom. The first-order valence-electron chi connectivity index (χ1n) is 9.05. The van der Waals surface area contributed by atoms with E-state index >= 15 is 0 Å². The molecule has 0 bridgehead atoms. The van der Waals surface area contributed by atoms with Gasteiger partial charge in [-0.3, -0.25) is 14.6 Å². The summed E-state index contributed by atoms with van der Waals surface area (Å²) in [6.45, 7) is 5.96. The van der Waals surface area contributed by atoms with Crippen LogP contribution >= 0.6 is 0 Å². The zero-order valence-corrected chi connectivity index (χ0v) is 16.3. The van der Waals surface area contributed by atoms with Gasteiger partial charge in [-0.25, -0.2) is 5.43 Å². The van der Waals surface area contributed by atoms with Gasteiger partial charge in [0.05, 0.1) is 18.5 Å². The van der Waals surface area contributed by atoms with Crippen LogP contribution in [0.1, 0.15) is 40.8 Å². The maximum Gasteiger partial charge on any atom is 0.290 e. The molecule has 10 nitrogen and oxygen atoms in total. The Hall–Kier alpha value is -3.82. The molecule has 0 spiro atoms. The second kappa shape index (κ2) is 8.91. The van der Waals surface area contributed by atoms with Gasteiger partial charge < -0.3 is 4.74 Å². The van der Waals surface area contributed by atoms with Crippen molar-refractivity contribution in [2.45, 2.75) is 27.2 Å². The number of rotatable bonds is 7. The largest absolute Gasteiger partial charge is 0.494 e. The molecule has 0 aliphatic carbocycles. The minimum Gasteiger partial charge on any atom is -0.494 e. The molecule has 0 aliphatic heterocycles. The lowest BCUT2D eigenvalue weighted by Gasteiger charge is -2.05. The van der Waals surface area contributed by atoms with E-state index in [1.54, 1.807) is 13.0 Å². The number of carbonyl (C=O) groups is 1. The van der Waals surface area contributed by atoms with E-state index < -0.39 is 11.5 Å². The van der Waals surface area contributed by atoms with Crippen LogP contribution in [0.2, 0.25) is 0 Å². The molecule has 3 rings (SSSR count). The highest BCUT2D eigenvalue weighted by Gasteiger charge is 2.17. The molecule has 3 aromatic rings. The van der Waals surface area contributed by atoms with Crippen LogP contribution in [0.4, 0.5) is 0 Å². The van der Waals surface area contributed by atoms with Gasteiger partial charge in [-0.2, -0.15) is 14.9 Å². The van der Waals surface area contributed by atoms with Crippen molar-refractivity contribution in [1.29, 1.82) is 0 Å². The summed E-state index contributed by atoms with van der Waals surface area (Å²) in [5.74, 6) is 0.319. The van der Waals surface area contributed by atoms with Gasteiger partial charge in [0.15, 0.2) is 0 Å². The van der Waals surface area contributed by atoms with E-state index in [4.69, 9.17) is 4.74 Å². The first-order chi connectivity index (χ1) is 14.0. The maximum atomic E-state index is 12.5. The van der Waals surface area contributed by atoms with Crippen LogP contribution in [-0.2, 0) is 0 Å². The number of aromatic nitrogens is 5. The quantitative estimate of drug-likeness (QED) is 0.461. The van der Waals surface area contributed by atoms with E-state index in [9.17, 15) is 9.59 Å². The number of nitrogens with one attached hydrogen (secondary N) is 2. The van der Waals surface area contributed by atoms with E-state index in [0.29, 0.717) is 12.3 Å². The Kier molecular flexibility index (Phi) is 6.12. The van der Waals surface area contributed by atoms with Gasteiger partial charge in [0.25, 0.3) is 17.4 Å². The van der Waals surface area contributed by atoms with E-state index in [1.165, 1.54) is 17.8 Å². The third kappa shape index (κ3) is 4.92. The summed E-state index contributed by atoms with van der Waals surface area (Å²) < 4.78 is 6.74. The molecule has 2 heterocycles. The lowest BCUT2D eigenvalue weighted by molar-refractivity contribution is 0.0947. The van der Waals surface area contributed by atoms with Crippen molar-refractivity contribution in [3.05, 3.63) is 63.3 Å². The first-order valence-corrected chi connectivity index (χ1v) is 9.05. The van der Waals surface area contributed by atoms with Gasteiger partial charge in [-0.05, 0) is 56.2 Å². The predicted molar refractivity (Wildman–Crippen MR) is 107 cm³/mol. The molecule has 0 saturated carbocycles. The number of amides is 1. The molecule has 0 saturated heterocycles. The second-order valence-corrected chi connectivity index (χ2v) is 6.26. The van der Waals surface area contributed by atoms with Gasteiger partial charge in [0, 0.05) is 0 Å². The van der Waals surface area contributed by atoms with E-state index in [0.717, 1.165) is 17.7 Å². The SMILES string of the molecule is CCCOc1ccc(/C=N\NC(=O)c2cc(C)nn2-c2nnc(C)c(=O)[nH]2)cc1. The summed E-state index contributed by atoms with van der Waals surface area (Å²) in [5.41, 5.74) is 3.80. The van der Waals surface area contributed by atoms with Crippen molar-refractivity contribution < 1.29 is 9.53 Å². The van der Waals surface area contributed by atoms with Crippen molar-refractivity contribution >= 4 is 12.1 Å². The number of nitrogens with zero attached hydrogens (tertiary/aromatic N) is 5. The van der Waals surface area contributed by atoms with Crippen molar-refractivity contribution in [1.82, 2.24) is 30.4 Å². The Morgan fingerprint density at radius 3 is 2.72 bits per heavy atom. The molecule has 2 N–H and O–H groups in total. The minimum atomic E-state index is -0.507. The minimum absolute atomic E-state index is 0.0468. The average molecular weight is 395 g/mol. The fraction of sp³-hybridized carbons (Fsp3) is 0.263. The van der Waals surface area contributed by atoms with Crippen LogP contribution in [0.25, 0.3) is 5.95 Å². The monoisotopic (exact) mass is 395 g/mol. The number of ether oxygens (including phenoxy) is 1. The summed E-state index contributed by atoms with van der Waals surface area (Å²) in [4.78, 5) is 26.8. The molecule has 0 fully saturated rings. The van der Waals surface area contributed by atoms with Gasteiger partial charge in [-0.15, -0.1) is 10.2 Å². The van der Waals surface area contributed by atoms with Crippen LogP contribution in [-0.4, -0.2) is 43.7 Å². The Bertz CT molecular complexity index is 1080. The lowest BCUT2D eigenvalue weighted by Crippen LogP contribution is -2.24. The zero-order valence-electron chi connectivity index (χ0n) is 16.3. The Labute approximate surface area is 166 Å². The molecular weight excluding hydrogens is 374 g/mol. The third-order valence-electron chi connectivity index (χ3n) is 3.85. The number of H-pyrrole nitrogens is 1. The average Bonchev–Trinajstić information content (AvgIpc) is 3.11. The number of hydrogen-bond donors (Lipinski definition) is 2. The highest BCUT2D eigenvalue weighted by atomic mass is 16.5. The van der Waals surface area contributed by atoms with E-state index in [-0.39, 0.29) is 17.3 Å². The second-order valence-electron chi connectivity index (χ2n) is 6.26. The van der Waals surface area contributed by atoms with Crippen LogP contribution in [0.15, 0.2) is 40.2 Å². The summed E-state index contributed by atoms with van der Waals surface area (Å²) in [5, 5.41) is 15.8. The van der Waals surface area contributed by atoms with E-state index in [2.05, 4.69) is 30.8 Å². The number of aryl methyl sites for hydroxylation is 2. The van der Waals surface area contributed by atoms with Gasteiger partial charge >= 0.3 is 0 Å². The fourth-order valence-corrected chi connectivity index (χ4v) is 2.40. The Morgan fingerprint density at radius 2 is 2.03 bits per heavy atom. The number of benzene rings is 1. The highest BCUT2D eigenvalue weighted by Crippen LogP contribution is 2.11. The van der Waals surface area contributed by atoms with Gasteiger partial charge in [0.1, 0.15) is 17.1 Å². The molecule has 29 heavy (non-hydrogen) atoms. The number of carbonyl (C=O) groups excluding carboxylic acids is 1. The van der Waals surface area contributed by atoms with Crippen molar-refractivity contribution in [2.75, 3.05) is 6.61 Å². The summed E-state index contributed by atoms with van der Waals surface area (Å²) in [7, 11) is 0. The van der Waals surface area contributed by atoms with Crippen molar-refractivity contribution in [2.24, 2.45) is 5.10 Å². The molecule has 0 atom stereocenters. The van der Waals surface area contributed by atoms with Crippen molar-refractivity contribution in [3.8, 4) is 11.7 Å². The molecule has 150 valence electrons. The zero-order chi connectivity index (χ0) is 20.8. The number of hydrazone groups is 1. The summed E-state index contributed by atoms with van der Waals surface area (Å²) >= 11 is 0. The van der Waals surface area contributed by atoms with Crippen LogP contribution in [0.3, 0.4) is 0 Å². The topological polar surface area (TPSA) is 127 Å². The molecule has 0 aliphatic rings. The summed E-state index contributed by atoms with van der Waals surface area (Å²) in [6, 6.07) is 8.90. The normalized spacial score (nSPS) is 11.0. The first kappa shape index (κ1) is 19.9. The number of hydrogen-bond acceptors (Lipinski definition) is 7. The molecule has 1 aromatic carbocycles. The van der Waals surface area contributed by atoms with Crippen LogP contribution in [0.5, 0.6) is 5.75 Å². The molecular formula is C19H21N7O3. The van der Waals surface area contributed by atoms with Gasteiger partial charge in [-0.1, -0.05) is 6.92 Å². The number of aromatic amines is 1. The molecule has 2 aromatic heterocycles. The smallest absolute Gasteiger partial charge is 0.290 e. The lowest BCUT2D eigenvalue weighted by atomic mass is 10.2. The molecule has 1 amide bonds. The molecule has 10 heteroatoms. The van der Waals surface area contributed by atoms with Crippen LogP contribution < -0.4 is 15.7 Å². The third-order valence-corrected chi connectivity index (χ3v) is 3.85. The van der Waals surface area contributed by atoms with Gasteiger partial charge in [0.2, 0.25) is 0 Å². The standard InChI is InChI=1S/C19H21N7O3/c1-4-9-29-15-7-5-14(6-8-15)11-20-23-18(28)16-10-12(2)25-26(16)19-21-17(27)13(3)22-24-19/h5-8,10-11H,4,9H2,1-3H3,(H,23,28)(H,21,24,27)/b20-11-. The maximum absolute atomic E-state index is 12.5.